The quantitative estimate of drug-likeness (QED) is 0.387. The maximum atomic E-state index is 12.7. The van der Waals surface area contributed by atoms with Crippen LogP contribution in [0.3, 0.4) is 0 Å². The van der Waals surface area contributed by atoms with E-state index in [0.29, 0.717) is 36.6 Å². The highest BCUT2D eigenvalue weighted by atomic mass is 16.5. The van der Waals surface area contributed by atoms with Crippen LogP contribution in [0, 0.1) is 19.8 Å². The molecule has 180 valence electrons. The van der Waals surface area contributed by atoms with E-state index in [1.54, 1.807) is 51.3 Å². The second-order valence-electron chi connectivity index (χ2n) is 8.11. The van der Waals surface area contributed by atoms with Gasteiger partial charge in [-0.05, 0) is 57.0 Å². The van der Waals surface area contributed by atoms with Crippen molar-refractivity contribution in [1.29, 1.82) is 0 Å². The highest BCUT2D eigenvalue weighted by Crippen LogP contribution is 2.17. The minimum Gasteiger partial charge on any atom is -0.494 e. The van der Waals surface area contributed by atoms with E-state index in [4.69, 9.17) is 14.2 Å². The Balaban J connectivity index is 2.01. The number of methoxy groups -OCH3 is 1. The van der Waals surface area contributed by atoms with E-state index in [9.17, 15) is 14.4 Å². The molecule has 0 aliphatic carbocycles. The predicted molar refractivity (Wildman–Crippen MR) is 125 cm³/mol. The van der Waals surface area contributed by atoms with Gasteiger partial charge in [-0.1, -0.05) is 13.8 Å². The Hall–Kier alpha value is -3.13. The number of amides is 1. The highest BCUT2D eigenvalue weighted by Gasteiger charge is 2.27. The number of hydrogen-bond acceptors (Lipinski definition) is 6. The molecule has 2 rings (SSSR count). The lowest BCUT2D eigenvalue weighted by Crippen LogP contribution is -2.45. The van der Waals surface area contributed by atoms with Crippen LogP contribution in [0.5, 0.6) is 5.75 Å². The third kappa shape index (κ3) is 6.92. The number of nitrogens with zero attached hydrogens (tertiary/aromatic N) is 1. The number of rotatable bonds is 12. The average Bonchev–Trinajstić information content (AvgIpc) is 3.07. The van der Waals surface area contributed by atoms with Crippen LogP contribution in [-0.2, 0) is 20.8 Å². The molecule has 8 nitrogen and oxygen atoms in total. The molecule has 1 aromatic heterocycles. The fraction of sp³-hybridized carbons (Fsp3) is 0.480. The van der Waals surface area contributed by atoms with Crippen LogP contribution >= 0.6 is 0 Å². The van der Waals surface area contributed by atoms with Crippen LogP contribution in [0.1, 0.15) is 52.9 Å². The Kier molecular flexibility index (Phi) is 9.66. The predicted octanol–water partition coefficient (Wildman–Crippen LogP) is 3.33. The Morgan fingerprint density at radius 1 is 1.09 bits per heavy atom. The first kappa shape index (κ1) is 26.1. The fourth-order valence-corrected chi connectivity index (χ4v) is 3.51. The molecule has 1 amide bonds. The molecule has 33 heavy (non-hydrogen) atoms. The number of Topliss-reactive ketones (excluding diaryl/α,β-unsaturated/α-hetero) is 1. The second kappa shape index (κ2) is 12.2. The Bertz CT molecular complexity index is 962. The molecule has 1 aromatic carbocycles. The first-order valence-electron chi connectivity index (χ1n) is 11.1. The molecule has 0 spiro atoms. The highest BCUT2D eigenvalue weighted by molar-refractivity contribution is 6.00. The fourth-order valence-electron chi connectivity index (χ4n) is 3.51. The zero-order valence-electron chi connectivity index (χ0n) is 20.3. The summed E-state index contributed by atoms with van der Waals surface area (Å²) in [6.45, 7) is 10.5. The maximum absolute atomic E-state index is 12.7. The molecule has 0 fully saturated rings. The molecule has 0 saturated carbocycles. The molecular weight excluding hydrogens is 424 g/mol. The van der Waals surface area contributed by atoms with E-state index in [1.165, 1.54) is 0 Å². The van der Waals surface area contributed by atoms with E-state index in [2.05, 4.69) is 5.32 Å². The summed E-state index contributed by atoms with van der Waals surface area (Å²) >= 11 is 0. The molecule has 1 atom stereocenters. The van der Waals surface area contributed by atoms with Crippen molar-refractivity contribution >= 4 is 17.7 Å². The van der Waals surface area contributed by atoms with E-state index in [-0.39, 0.29) is 11.7 Å². The molecule has 1 heterocycles. The van der Waals surface area contributed by atoms with Gasteiger partial charge in [0.25, 0.3) is 5.91 Å². The number of aryl methyl sites for hydroxylation is 1. The number of carbonyl (C=O) groups excluding carboxylic acids is 3. The molecular formula is C25H34N2O6. The Morgan fingerprint density at radius 2 is 1.76 bits per heavy atom. The average molecular weight is 459 g/mol. The lowest BCUT2D eigenvalue weighted by atomic mass is 10.0. The van der Waals surface area contributed by atoms with E-state index >= 15 is 0 Å². The van der Waals surface area contributed by atoms with Crippen LogP contribution in [0.25, 0.3) is 0 Å². The zero-order valence-corrected chi connectivity index (χ0v) is 20.3. The van der Waals surface area contributed by atoms with Gasteiger partial charge in [-0.15, -0.1) is 0 Å². The van der Waals surface area contributed by atoms with E-state index < -0.39 is 24.5 Å². The summed E-state index contributed by atoms with van der Waals surface area (Å²) in [7, 11) is 1.62. The molecule has 0 radical (unpaired) electrons. The SMILES string of the molecule is CCOc1ccc(C(=O)N[C@H](C(=O)OCC(=O)c2cc(C)n(CCOC)c2C)C(C)C)cc1. The van der Waals surface area contributed by atoms with Gasteiger partial charge in [-0.25, -0.2) is 4.79 Å². The third-order valence-corrected chi connectivity index (χ3v) is 5.37. The maximum Gasteiger partial charge on any atom is 0.329 e. The number of nitrogens with one attached hydrogen (secondary N) is 1. The number of aromatic nitrogens is 1. The van der Waals surface area contributed by atoms with Crippen LogP contribution in [-0.4, -0.2) is 55.2 Å². The normalized spacial score (nSPS) is 11.8. The van der Waals surface area contributed by atoms with E-state index in [1.807, 2.05) is 25.3 Å². The summed E-state index contributed by atoms with van der Waals surface area (Å²) in [5, 5.41) is 2.71. The minimum absolute atomic E-state index is 0.224. The van der Waals surface area contributed by atoms with Crippen molar-refractivity contribution in [2.24, 2.45) is 5.92 Å². The van der Waals surface area contributed by atoms with Gasteiger partial charge in [0.15, 0.2) is 6.61 Å². The first-order chi connectivity index (χ1) is 15.7. The summed E-state index contributed by atoms with van der Waals surface area (Å²) < 4.78 is 17.8. The molecule has 0 aliphatic heterocycles. The standard InChI is InChI=1S/C25H34N2O6/c1-7-32-20-10-8-19(9-11-20)24(29)26-23(16(2)3)25(30)33-15-22(28)21-14-17(4)27(18(21)5)12-13-31-6/h8-11,14,16,23H,7,12-13,15H2,1-6H3,(H,26,29)/t23-/m0/s1. The number of ketones is 1. The monoisotopic (exact) mass is 458 g/mol. The zero-order chi connectivity index (χ0) is 24.5. The summed E-state index contributed by atoms with van der Waals surface area (Å²) in [5.74, 6) is -0.902. The number of ether oxygens (including phenoxy) is 3. The second-order valence-corrected chi connectivity index (χ2v) is 8.11. The van der Waals surface area contributed by atoms with Crippen LogP contribution in [0.15, 0.2) is 30.3 Å². The van der Waals surface area contributed by atoms with Gasteiger partial charge in [-0.3, -0.25) is 9.59 Å². The van der Waals surface area contributed by atoms with Crippen LogP contribution < -0.4 is 10.1 Å². The van der Waals surface area contributed by atoms with Crippen molar-refractivity contribution in [2.45, 2.75) is 47.2 Å². The molecule has 0 bridgehead atoms. The van der Waals surface area contributed by atoms with Crippen molar-refractivity contribution in [3.63, 3.8) is 0 Å². The van der Waals surface area contributed by atoms with Gasteiger partial charge in [0.2, 0.25) is 5.78 Å². The summed E-state index contributed by atoms with van der Waals surface area (Å²) in [6, 6.07) is 7.56. The Labute approximate surface area is 195 Å². The number of benzene rings is 1. The number of esters is 1. The van der Waals surface area contributed by atoms with Crippen molar-refractivity contribution in [2.75, 3.05) is 26.9 Å². The number of carbonyl (C=O) groups is 3. The van der Waals surface area contributed by atoms with Crippen LogP contribution in [0.2, 0.25) is 0 Å². The van der Waals surface area contributed by atoms with Gasteiger partial charge in [0.1, 0.15) is 11.8 Å². The molecule has 1 N–H and O–H groups in total. The Morgan fingerprint density at radius 3 is 2.33 bits per heavy atom. The first-order valence-corrected chi connectivity index (χ1v) is 11.1. The van der Waals surface area contributed by atoms with Gasteiger partial charge in [0, 0.05) is 36.2 Å². The van der Waals surface area contributed by atoms with Crippen molar-refractivity contribution in [1.82, 2.24) is 9.88 Å². The van der Waals surface area contributed by atoms with Gasteiger partial charge < -0.3 is 24.1 Å². The summed E-state index contributed by atoms with van der Waals surface area (Å²) in [4.78, 5) is 38.0. The summed E-state index contributed by atoms with van der Waals surface area (Å²) in [5.41, 5.74) is 2.64. The molecule has 0 saturated heterocycles. The minimum atomic E-state index is -0.883. The molecule has 2 aromatic rings. The lowest BCUT2D eigenvalue weighted by Gasteiger charge is -2.21. The summed E-state index contributed by atoms with van der Waals surface area (Å²) in [6.07, 6.45) is 0. The lowest BCUT2D eigenvalue weighted by molar-refractivity contribution is -0.145. The molecule has 8 heteroatoms. The van der Waals surface area contributed by atoms with Crippen molar-refractivity contribution < 1.29 is 28.6 Å². The van der Waals surface area contributed by atoms with Gasteiger partial charge in [0.05, 0.1) is 13.2 Å². The van der Waals surface area contributed by atoms with Gasteiger partial charge in [-0.2, -0.15) is 0 Å². The molecule has 0 aliphatic rings. The van der Waals surface area contributed by atoms with E-state index in [0.717, 1.165) is 11.4 Å². The smallest absolute Gasteiger partial charge is 0.329 e. The van der Waals surface area contributed by atoms with Crippen molar-refractivity contribution in [3.05, 3.63) is 52.8 Å². The van der Waals surface area contributed by atoms with Gasteiger partial charge >= 0.3 is 5.97 Å². The third-order valence-electron chi connectivity index (χ3n) is 5.37. The topological polar surface area (TPSA) is 95.9 Å². The van der Waals surface area contributed by atoms with Crippen LogP contribution in [0.4, 0.5) is 0 Å². The van der Waals surface area contributed by atoms with Crippen molar-refractivity contribution in [3.8, 4) is 5.75 Å². The number of hydrogen-bond donors (Lipinski definition) is 1. The molecule has 0 unspecified atom stereocenters. The largest absolute Gasteiger partial charge is 0.494 e.